The van der Waals surface area contributed by atoms with E-state index in [2.05, 4.69) is 16.9 Å². The molecule has 1 aliphatic carbocycles. The minimum Gasteiger partial charge on any atom is -0.580 e. The van der Waals surface area contributed by atoms with Crippen LogP contribution < -0.4 is 0 Å². The third-order valence-electron chi connectivity index (χ3n) is 4.91. The van der Waals surface area contributed by atoms with Gasteiger partial charge >= 0.3 is 20.4 Å². The molecule has 0 bridgehead atoms. The summed E-state index contributed by atoms with van der Waals surface area (Å²) < 4.78 is 29.9. The molecule has 0 aliphatic heterocycles. The minimum atomic E-state index is -3.78. The van der Waals surface area contributed by atoms with Crippen LogP contribution >= 0.6 is 0 Å². The Morgan fingerprint density at radius 3 is 2.31 bits per heavy atom. The second kappa shape index (κ2) is 9.09. The molecular formula is C24H21NO2PdS. The number of sulfonamides is 1. The molecule has 150 valence electrons. The molecule has 0 fully saturated rings. The Hall–Kier alpha value is -2.19. The first-order chi connectivity index (χ1) is 13.5. The predicted octanol–water partition coefficient (Wildman–Crippen LogP) is 5.96. The number of benzene rings is 3. The van der Waals surface area contributed by atoms with Crippen molar-refractivity contribution in [1.82, 2.24) is 0 Å². The van der Waals surface area contributed by atoms with Gasteiger partial charge < -0.3 is 4.72 Å². The molecule has 5 heteroatoms. The second-order valence-electron chi connectivity index (χ2n) is 7.01. The van der Waals surface area contributed by atoms with E-state index in [4.69, 9.17) is 0 Å². The summed E-state index contributed by atoms with van der Waals surface area (Å²) in [6, 6.07) is 22.4. The van der Waals surface area contributed by atoms with Crippen molar-refractivity contribution in [3.63, 3.8) is 0 Å². The molecule has 1 aliphatic rings. The summed E-state index contributed by atoms with van der Waals surface area (Å²) in [7, 11) is -3.78. The van der Waals surface area contributed by atoms with E-state index in [9.17, 15) is 8.42 Å². The maximum atomic E-state index is 12.9. The van der Waals surface area contributed by atoms with Gasteiger partial charge in [-0.15, -0.1) is 47.0 Å². The van der Waals surface area contributed by atoms with Crippen LogP contribution in [-0.4, -0.2) is 8.42 Å². The quantitative estimate of drug-likeness (QED) is 0.333. The van der Waals surface area contributed by atoms with Crippen LogP contribution in [0.25, 0.3) is 10.3 Å². The van der Waals surface area contributed by atoms with E-state index in [1.54, 1.807) is 30.3 Å². The van der Waals surface area contributed by atoms with Gasteiger partial charge in [-0.05, 0) is 38.3 Å². The summed E-state index contributed by atoms with van der Waals surface area (Å²) in [5, 5.41) is 0. The van der Waals surface area contributed by atoms with E-state index in [1.807, 2.05) is 43.3 Å². The van der Waals surface area contributed by atoms with Gasteiger partial charge in [-0.25, -0.2) is 8.42 Å². The van der Waals surface area contributed by atoms with Crippen molar-refractivity contribution in [2.75, 3.05) is 0 Å². The van der Waals surface area contributed by atoms with Crippen LogP contribution in [0.2, 0.25) is 0 Å². The first kappa shape index (κ1) is 21.5. The van der Waals surface area contributed by atoms with Gasteiger partial charge in [0.1, 0.15) is 10.0 Å². The van der Waals surface area contributed by atoms with Crippen molar-refractivity contribution in [3.05, 3.63) is 106 Å². The van der Waals surface area contributed by atoms with Crippen molar-refractivity contribution < 1.29 is 28.8 Å². The van der Waals surface area contributed by atoms with Crippen molar-refractivity contribution in [2.45, 2.75) is 31.1 Å². The fraction of sp³-hybridized carbons (Fsp3) is 0.167. The SMILES string of the molecule is Cc1ccc(S(=O)(=O)[N-]c2cccc3c2C(=[C-]c2ccccc2)CCC3)cc1.[Pd+2]. The molecule has 0 amide bonds. The van der Waals surface area contributed by atoms with Gasteiger partial charge in [-0.1, -0.05) is 47.5 Å². The van der Waals surface area contributed by atoms with Gasteiger partial charge in [0.2, 0.25) is 0 Å². The zero-order valence-electron chi connectivity index (χ0n) is 16.0. The van der Waals surface area contributed by atoms with Crippen LogP contribution in [0.1, 0.15) is 35.1 Å². The number of rotatable bonds is 4. The maximum Gasteiger partial charge on any atom is 2.00 e. The zero-order valence-corrected chi connectivity index (χ0v) is 18.4. The molecule has 0 aromatic heterocycles. The standard InChI is InChI=1S/C24H21NO2S.Pd/c1-18-13-15-22(16-14-18)28(26,27)25-23-12-6-10-20-9-5-11-21(24(20)23)17-19-7-3-2-4-8-19;/h2-4,6-8,10,12-16H,5,9,11H2,1H3;/q-2;+2. The van der Waals surface area contributed by atoms with E-state index < -0.39 is 10.0 Å². The second-order valence-corrected chi connectivity index (χ2v) is 8.62. The Morgan fingerprint density at radius 1 is 0.862 bits per heavy atom. The molecule has 4 rings (SSSR count). The normalized spacial score (nSPS) is 14.7. The van der Waals surface area contributed by atoms with Crippen LogP contribution in [0.4, 0.5) is 5.69 Å². The van der Waals surface area contributed by atoms with Crippen molar-refractivity contribution in [2.24, 2.45) is 0 Å². The molecule has 0 radical (unpaired) electrons. The molecular weight excluding hydrogens is 473 g/mol. The molecule has 0 saturated carbocycles. The van der Waals surface area contributed by atoms with Gasteiger partial charge in [0.15, 0.2) is 0 Å². The number of aryl methyl sites for hydroxylation is 2. The van der Waals surface area contributed by atoms with Crippen molar-refractivity contribution in [1.29, 1.82) is 0 Å². The average molecular weight is 494 g/mol. The summed E-state index contributed by atoms with van der Waals surface area (Å²) in [6.07, 6.45) is 6.28. The first-order valence-electron chi connectivity index (χ1n) is 9.38. The molecule has 0 N–H and O–H groups in total. The van der Waals surface area contributed by atoms with E-state index in [0.717, 1.165) is 47.1 Å². The minimum absolute atomic E-state index is 0. The number of hydrogen-bond donors (Lipinski definition) is 0. The Kier molecular flexibility index (Phi) is 6.75. The van der Waals surface area contributed by atoms with Crippen molar-refractivity contribution in [3.8, 4) is 0 Å². The third-order valence-corrected chi connectivity index (χ3v) is 6.21. The van der Waals surface area contributed by atoms with Crippen LogP contribution in [-0.2, 0) is 36.9 Å². The molecule has 0 spiro atoms. The van der Waals surface area contributed by atoms with Crippen LogP contribution in [0.3, 0.4) is 0 Å². The molecule has 0 atom stereocenters. The fourth-order valence-electron chi connectivity index (χ4n) is 3.51. The van der Waals surface area contributed by atoms with Gasteiger partial charge in [0.25, 0.3) is 0 Å². The van der Waals surface area contributed by atoms with Gasteiger partial charge in [0, 0.05) is 0 Å². The molecule has 3 aromatic carbocycles. The van der Waals surface area contributed by atoms with E-state index >= 15 is 0 Å². The molecule has 3 nitrogen and oxygen atoms in total. The third kappa shape index (κ3) is 4.87. The largest absolute Gasteiger partial charge is 2.00 e. The topological polar surface area (TPSA) is 48.2 Å². The molecule has 0 saturated heterocycles. The van der Waals surface area contributed by atoms with Crippen LogP contribution in [0.5, 0.6) is 0 Å². The van der Waals surface area contributed by atoms with Gasteiger partial charge in [0.05, 0.1) is 4.90 Å². The Labute approximate surface area is 186 Å². The molecule has 29 heavy (non-hydrogen) atoms. The first-order valence-corrected chi connectivity index (χ1v) is 10.8. The Bertz CT molecular complexity index is 1120. The summed E-state index contributed by atoms with van der Waals surface area (Å²) in [5.41, 5.74) is 5.56. The molecule has 0 heterocycles. The zero-order chi connectivity index (χ0) is 19.6. The number of allylic oxidation sites excluding steroid dienone is 1. The number of fused-ring (bicyclic) bond motifs is 1. The van der Waals surface area contributed by atoms with E-state index in [1.165, 1.54) is 0 Å². The fourth-order valence-corrected chi connectivity index (χ4v) is 4.51. The summed E-state index contributed by atoms with van der Waals surface area (Å²) in [4.78, 5) is 0.212. The summed E-state index contributed by atoms with van der Waals surface area (Å²) in [6.45, 7) is 1.93. The molecule has 0 unspecified atom stereocenters. The smallest absolute Gasteiger partial charge is 0.580 e. The van der Waals surface area contributed by atoms with E-state index in [0.29, 0.717) is 5.69 Å². The maximum absolute atomic E-state index is 12.9. The average Bonchev–Trinajstić information content (AvgIpc) is 2.69. The van der Waals surface area contributed by atoms with Gasteiger partial charge in [-0.2, -0.15) is 5.69 Å². The monoisotopic (exact) mass is 493 g/mol. The Morgan fingerprint density at radius 2 is 1.59 bits per heavy atom. The van der Waals surface area contributed by atoms with Crippen molar-refractivity contribution >= 4 is 21.3 Å². The summed E-state index contributed by atoms with van der Waals surface area (Å²) in [5.74, 6) is 0. The number of nitrogens with zero attached hydrogens (tertiary/aromatic N) is 1. The van der Waals surface area contributed by atoms with Crippen LogP contribution in [0.15, 0.2) is 77.7 Å². The van der Waals surface area contributed by atoms with Crippen LogP contribution in [0, 0.1) is 13.0 Å². The van der Waals surface area contributed by atoms with Gasteiger partial charge in [-0.3, -0.25) is 0 Å². The summed E-state index contributed by atoms with van der Waals surface area (Å²) >= 11 is 0. The Balaban J connectivity index is 0.00000240. The predicted molar refractivity (Wildman–Crippen MR) is 113 cm³/mol. The number of hydrogen-bond acceptors (Lipinski definition) is 2. The molecule has 3 aromatic rings. The van der Waals surface area contributed by atoms with E-state index in [-0.39, 0.29) is 25.3 Å².